The molecule has 1 aromatic heterocycles. The Hall–Kier alpha value is -1.99. The third kappa shape index (κ3) is 3.52. The standard InChI is InChI=1S/C13H15N3O3S/c1-8(7-18-2)14-11(17)9-3-5-10(6-4-9)12-15-16-13(20)19-12/h3-6,8H,7H2,1-2H3,(H,14,17)(H,16,20)/t8-/m1/s1. The second kappa shape index (κ2) is 6.44. The average Bonchev–Trinajstić information content (AvgIpc) is 2.86. The Morgan fingerprint density at radius 3 is 2.75 bits per heavy atom. The number of nitrogens with one attached hydrogen (secondary N) is 2. The molecule has 0 saturated carbocycles. The van der Waals surface area contributed by atoms with Gasteiger partial charge in [0, 0.05) is 24.3 Å². The highest BCUT2D eigenvalue weighted by Gasteiger charge is 2.10. The zero-order valence-electron chi connectivity index (χ0n) is 11.2. The number of rotatable bonds is 5. The molecule has 0 aliphatic heterocycles. The summed E-state index contributed by atoms with van der Waals surface area (Å²) in [6, 6.07) is 6.88. The molecule has 0 aliphatic rings. The molecular weight excluding hydrogens is 278 g/mol. The third-order valence-electron chi connectivity index (χ3n) is 2.63. The summed E-state index contributed by atoms with van der Waals surface area (Å²) in [5.41, 5.74) is 1.31. The van der Waals surface area contributed by atoms with E-state index in [9.17, 15) is 4.79 Å². The summed E-state index contributed by atoms with van der Waals surface area (Å²) in [4.78, 5) is 12.2. The van der Waals surface area contributed by atoms with E-state index in [0.29, 0.717) is 18.1 Å². The highest BCUT2D eigenvalue weighted by Crippen LogP contribution is 2.17. The van der Waals surface area contributed by atoms with E-state index in [0.717, 1.165) is 5.56 Å². The van der Waals surface area contributed by atoms with Crippen molar-refractivity contribution in [3.63, 3.8) is 0 Å². The first-order chi connectivity index (χ1) is 9.60. The maximum atomic E-state index is 12.0. The SMILES string of the molecule is COC[C@@H](C)NC(=O)c1ccc(-c2n[nH]c(=S)o2)cc1. The Labute approximate surface area is 121 Å². The van der Waals surface area contributed by atoms with Crippen molar-refractivity contribution in [1.29, 1.82) is 0 Å². The minimum Gasteiger partial charge on any atom is -0.409 e. The fraction of sp³-hybridized carbons (Fsp3) is 0.308. The van der Waals surface area contributed by atoms with Crippen LogP contribution in [0, 0.1) is 4.84 Å². The number of carbonyl (C=O) groups excluding carboxylic acids is 1. The van der Waals surface area contributed by atoms with Crippen LogP contribution in [0.2, 0.25) is 0 Å². The number of aromatic nitrogens is 2. The van der Waals surface area contributed by atoms with E-state index in [1.807, 2.05) is 6.92 Å². The van der Waals surface area contributed by atoms with E-state index in [1.54, 1.807) is 31.4 Å². The van der Waals surface area contributed by atoms with Crippen molar-refractivity contribution in [2.45, 2.75) is 13.0 Å². The number of nitrogens with zero attached hydrogens (tertiary/aromatic N) is 1. The van der Waals surface area contributed by atoms with Gasteiger partial charge in [0.1, 0.15) is 0 Å². The number of hydrogen-bond donors (Lipinski definition) is 2. The number of methoxy groups -OCH3 is 1. The quantitative estimate of drug-likeness (QED) is 0.826. The zero-order chi connectivity index (χ0) is 14.5. The van der Waals surface area contributed by atoms with Crippen LogP contribution in [-0.2, 0) is 4.74 Å². The third-order valence-corrected chi connectivity index (χ3v) is 2.80. The Balaban J connectivity index is 2.08. The van der Waals surface area contributed by atoms with Crippen molar-refractivity contribution in [2.24, 2.45) is 0 Å². The second-order valence-corrected chi connectivity index (χ2v) is 4.70. The van der Waals surface area contributed by atoms with E-state index in [4.69, 9.17) is 21.4 Å². The molecule has 106 valence electrons. The summed E-state index contributed by atoms with van der Waals surface area (Å²) < 4.78 is 10.2. The van der Waals surface area contributed by atoms with Gasteiger partial charge in [-0.3, -0.25) is 4.79 Å². The lowest BCUT2D eigenvalue weighted by atomic mass is 10.1. The van der Waals surface area contributed by atoms with Gasteiger partial charge in [-0.05, 0) is 43.4 Å². The normalized spacial score (nSPS) is 12.1. The number of benzene rings is 1. The molecule has 0 saturated heterocycles. The molecule has 20 heavy (non-hydrogen) atoms. The van der Waals surface area contributed by atoms with Crippen LogP contribution < -0.4 is 5.32 Å². The van der Waals surface area contributed by atoms with Gasteiger partial charge in [-0.2, -0.15) is 0 Å². The summed E-state index contributed by atoms with van der Waals surface area (Å²) in [6.45, 7) is 2.35. The van der Waals surface area contributed by atoms with Gasteiger partial charge in [-0.15, -0.1) is 5.10 Å². The van der Waals surface area contributed by atoms with Gasteiger partial charge in [0.15, 0.2) is 0 Å². The van der Waals surface area contributed by atoms with Crippen LogP contribution in [0.3, 0.4) is 0 Å². The molecule has 2 N–H and O–H groups in total. The second-order valence-electron chi connectivity index (χ2n) is 4.33. The largest absolute Gasteiger partial charge is 0.409 e. The highest BCUT2D eigenvalue weighted by atomic mass is 32.1. The Bertz CT molecular complexity index is 633. The number of amides is 1. The van der Waals surface area contributed by atoms with E-state index in [-0.39, 0.29) is 16.8 Å². The first kappa shape index (κ1) is 14.4. The lowest BCUT2D eigenvalue weighted by Gasteiger charge is -2.12. The van der Waals surface area contributed by atoms with Gasteiger partial charge in [-0.1, -0.05) is 0 Å². The first-order valence-electron chi connectivity index (χ1n) is 6.06. The van der Waals surface area contributed by atoms with Crippen LogP contribution in [-0.4, -0.2) is 35.9 Å². The van der Waals surface area contributed by atoms with Crippen molar-refractivity contribution in [2.75, 3.05) is 13.7 Å². The number of carbonyl (C=O) groups is 1. The van der Waals surface area contributed by atoms with Crippen LogP contribution >= 0.6 is 12.2 Å². The predicted octanol–water partition coefficient (Wildman–Crippen LogP) is 2.16. The molecule has 1 heterocycles. The lowest BCUT2D eigenvalue weighted by Crippen LogP contribution is -2.35. The molecule has 0 unspecified atom stereocenters. The molecule has 0 bridgehead atoms. The number of H-pyrrole nitrogens is 1. The minimum atomic E-state index is -0.149. The fourth-order valence-electron chi connectivity index (χ4n) is 1.72. The number of ether oxygens (including phenoxy) is 1. The molecule has 1 amide bonds. The van der Waals surface area contributed by atoms with E-state index in [1.165, 1.54) is 0 Å². The summed E-state index contributed by atoms with van der Waals surface area (Å²) in [7, 11) is 1.60. The average molecular weight is 293 g/mol. The van der Waals surface area contributed by atoms with Crippen LogP contribution in [0.5, 0.6) is 0 Å². The molecule has 1 atom stereocenters. The maximum absolute atomic E-state index is 12.0. The molecule has 0 spiro atoms. The van der Waals surface area contributed by atoms with E-state index < -0.39 is 0 Å². The van der Waals surface area contributed by atoms with Gasteiger partial charge in [0.2, 0.25) is 5.89 Å². The first-order valence-corrected chi connectivity index (χ1v) is 6.46. The van der Waals surface area contributed by atoms with Gasteiger partial charge in [0.05, 0.1) is 6.61 Å². The zero-order valence-corrected chi connectivity index (χ0v) is 12.0. The molecule has 7 heteroatoms. The summed E-state index contributed by atoms with van der Waals surface area (Å²) >= 11 is 4.81. The van der Waals surface area contributed by atoms with Crippen LogP contribution in [0.1, 0.15) is 17.3 Å². The van der Waals surface area contributed by atoms with E-state index in [2.05, 4.69) is 15.5 Å². The monoisotopic (exact) mass is 293 g/mol. The van der Waals surface area contributed by atoms with Gasteiger partial charge in [-0.25, -0.2) is 5.10 Å². The van der Waals surface area contributed by atoms with Crippen LogP contribution in [0.4, 0.5) is 0 Å². The molecule has 2 rings (SSSR count). The summed E-state index contributed by atoms with van der Waals surface area (Å²) in [5.74, 6) is 0.249. The van der Waals surface area contributed by atoms with E-state index >= 15 is 0 Å². The molecule has 0 aliphatic carbocycles. The van der Waals surface area contributed by atoms with Gasteiger partial charge < -0.3 is 14.5 Å². The van der Waals surface area contributed by atoms with Crippen molar-refractivity contribution in [1.82, 2.24) is 15.5 Å². The summed E-state index contributed by atoms with van der Waals surface area (Å²) in [5, 5.41) is 9.30. The summed E-state index contributed by atoms with van der Waals surface area (Å²) in [6.07, 6.45) is 0. The lowest BCUT2D eigenvalue weighted by molar-refractivity contribution is 0.0905. The van der Waals surface area contributed by atoms with Gasteiger partial charge in [0.25, 0.3) is 10.7 Å². The molecule has 0 radical (unpaired) electrons. The smallest absolute Gasteiger partial charge is 0.284 e. The predicted molar refractivity (Wildman–Crippen MR) is 75.9 cm³/mol. The Morgan fingerprint density at radius 1 is 1.50 bits per heavy atom. The molecular formula is C13H15N3O3S. The molecule has 2 aromatic rings. The highest BCUT2D eigenvalue weighted by molar-refractivity contribution is 7.71. The number of hydrogen-bond acceptors (Lipinski definition) is 5. The van der Waals surface area contributed by atoms with Crippen molar-refractivity contribution in [3.05, 3.63) is 34.7 Å². The molecule has 0 fully saturated rings. The fourth-order valence-corrected chi connectivity index (χ4v) is 1.84. The van der Waals surface area contributed by atoms with Crippen molar-refractivity contribution >= 4 is 18.1 Å². The number of aromatic amines is 1. The van der Waals surface area contributed by atoms with Crippen LogP contribution in [0.15, 0.2) is 28.7 Å². The Kier molecular flexibility index (Phi) is 4.65. The van der Waals surface area contributed by atoms with Crippen molar-refractivity contribution < 1.29 is 13.9 Å². The molecule has 6 nitrogen and oxygen atoms in total. The van der Waals surface area contributed by atoms with Crippen molar-refractivity contribution in [3.8, 4) is 11.5 Å². The molecule has 1 aromatic carbocycles. The van der Waals surface area contributed by atoms with Crippen LogP contribution in [0.25, 0.3) is 11.5 Å². The minimum absolute atomic E-state index is 0.0451. The Morgan fingerprint density at radius 2 is 2.20 bits per heavy atom. The topological polar surface area (TPSA) is 80.1 Å². The maximum Gasteiger partial charge on any atom is 0.284 e. The van der Waals surface area contributed by atoms with Gasteiger partial charge >= 0.3 is 0 Å².